The van der Waals surface area contributed by atoms with Crippen LogP contribution in [-0.4, -0.2) is 13.3 Å². The average Bonchev–Trinajstić information content (AvgIpc) is 2.99. The molecule has 0 saturated carbocycles. The Labute approximate surface area is 150 Å². The quantitative estimate of drug-likeness (QED) is 0.437. The molecule has 3 aromatic rings. The molecule has 0 heterocycles. The molecule has 0 aliphatic heterocycles. The molecule has 3 aromatic carbocycles. The summed E-state index contributed by atoms with van der Waals surface area (Å²) in [6.07, 6.45) is 0.748. The standard InChI is InChI=1S/C19H14N2O4S/c22-21(23)16-5-3-6-17(12-16)26(24,25)20-15-8-9-19-14(11-15)10-13-4-1-2-7-18(13)19/h1-9,11-12,20H,10H2. The Kier molecular flexibility index (Phi) is 3.73. The maximum absolute atomic E-state index is 12.6. The first kappa shape index (κ1) is 16.3. The fourth-order valence-corrected chi connectivity index (χ4v) is 4.28. The van der Waals surface area contributed by atoms with Gasteiger partial charge in [0, 0.05) is 17.8 Å². The smallest absolute Gasteiger partial charge is 0.270 e. The molecule has 0 atom stereocenters. The number of nitrogens with one attached hydrogen (secondary N) is 1. The van der Waals surface area contributed by atoms with Crippen molar-refractivity contribution in [3.8, 4) is 11.1 Å². The van der Waals surface area contributed by atoms with Crippen molar-refractivity contribution in [2.45, 2.75) is 11.3 Å². The van der Waals surface area contributed by atoms with E-state index < -0.39 is 14.9 Å². The van der Waals surface area contributed by atoms with Gasteiger partial charge in [0.05, 0.1) is 9.82 Å². The molecule has 7 heteroatoms. The van der Waals surface area contributed by atoms with E-state index in [-0.39, 0.29) is 10.6 Å². The Hall–Kier alpha value is -3.19. The molecule has 0 radical (unpaired) electrons. The molecule has 0 saturated heterocycles. The van der Waals surface area contributed by atoms with Gasteiger partial charge in [0.15, 0.2) is 0 Å². The van der Waals surface area contributed by atoms with Crippen molar-refractivity contribution in [3.63, 3.8) is 0 Å². The summed E-state index contributed by atoms with van der Waals surface area (Å²) in [6, 6.07) is 18.5. The van der Waals surface area contributed by atoms with Gasteiger partial charge in [-0.15, -0.1) is 0 Å². The van der Waals surface area contributed by atoms with E-state index in [9.17, 15) is 18.5 Å². The maximum atomic E-state index is 12.6. The number of fused-ring (bicyclic) bond motifs is 3. The van der Waals surface area contributed by atoms with E-state index >= 15 is 0 Å². The lowest BCUT2D eigenvalue weighted by molar-refractivity contribution is -0.385. The number of hydrogen-bond donors (Lipinski definition) is 1. The molecule has 1 aliphatic rings. The number of non-ortho nitro benzene ring substituents is 1. The number of nitrogens with zero attached hydrogens (tertiary/aromatic N) is 1. The molecule has 4 rings (SSSR count). The van der Waals surface area contributed by atoms with E-state index in [1.165, 1.54) is 23.8 Å². The molecule has 0 aromatic heterocycles. The molecule has 0 bridgehead atoms. The predicted molar refractivity (Wildman–Crippen MR) is 98.6 cm³/mol. The Morgan fingerprint density at radius 2 is 1.65 bits per heavy atom. The predicted octanol–water partition coefficient (Wildman–Crippen LogP) is 3.97. The topological polar surface area (TPSA) is 89.3 Å². The summed E-state index contributed by atoms with van der Waals surface area (Å²) in [5.41, 5.74) is 4.68. The molecule has 1 N–H and O–H groups in total. The highest BCUT2D eigenvalue weighted by atomic mass is 32.2. The highest BCUT2D eigenvalue weighted by molar-refractivity contribution is 7.92. The van der Waals surface area contributed by atoms with E-state index in [1.54, 1.807) is 6.07 Å². The third kappa shape index (κ3) is 2.82. The van der Waals surface area contributed by atoms with Gasteiger partial charge >= 0.3 is 0 Å². The molecule has 1 aliphatic carbocycles. The van der Waals surface area contributed by atoms with Gasteiger partial charge in [-0.05, 0) is 46.9 Å². The molecule has 6 nitrogen and oxygen atoms in total. The summed E-state index contributed by atoms with van der Waals surface area (Å²) < 4.78 is 27.6. The van der Waals surface area contributed by atoms with Crippen molar-refractivity contribution in [1.29, 1.82) is 0 Å². The molecule has 0 fully saturated rings. The summed E-state index contributed by atoms with van der Waals surface area (Å²) in [5, 5.41) is 10.9. The Morgan fingerprint density at radius 3 is 2.46 bits per heavy atom. The fourth-order valence-electron chi connectivity index (χ4n) is 3.19. The largest absolute Gasteiger partial charge is 0.280 e. The average molecular weight is 366 g/mol. The normalized spacial score (nSPS) is 12.3. The number of sulfonamides is 1. The number of anilines is 1. The summed E-state index contributed by atoms with van der Waals surface area (Å²) in [6.45, 7) is 0. The van der Waals surface area contributed by atoms with Crippen LogP contribution in [0.4, 0.5) is 11.4 Å². The van der Waals surface area contributed by atoms with Crippen LogP contribution in [0.3, 0.4) is 0 Å². The van der Waals surface area contributed by atoms with Gasteiger partial charge in [-0.25, -0.2) is 8.42 Å². The lowest BCUT2D eigenvalue weighted by Crippen LogP contribution is -2.13. The highest BCUT2D eigenvalue weighted by Gasteiger charge is 2.21. The van der Waals surface area contributed by atoms with Gasteiger partial charge in [0.1, 0.15) is 0 Å². The minimum absolute atomic E-state index is 0.143. The Balaban J connectivity index is 1.65. The monoisotopic (exact) mass is 366 g/mol. The lowest BCUT2D eigenvalue weighted by Gasteiger charge is -2.10. The number of nitro groups is 1. The van der Waals surface area contributed by atoms with Crippen LogP contribution in [0.15, 0.2) is 71.6 Å². The molecular formula is C19H14N2O4S. The highest BCUT2D eigenvalue weighted by Crippen LogP contribution is 2.37. The van der Waals surface area contributed by atoms with Crippen molar-refractivity contribution < 1.29 is 13.3 Å². The van der Waals surface area contributed by atoms with Crippen LogP contribution < -0.4 is 4.72 Å². The second kappa shape index (κ2) is 5.96. The van der Waals surface area contributed by atoms with Crippen LogP contribution in [-0.2, 0) is 16.4 Å². The SMILES string of the molecule is O=[N+]([O-])c1cccc(S(=O)(=O)Nc2ccc3c(c2)Cc2ccccc2-3)c1. The number of nitro benzene ring substituents is 1. The molecule has 26 heavy (non-hydrogen) atoms. The zero-order valence-electron chi connectivity index (χ0n) is 13.5. The van der Waals surface area contributed by atoms with Gasteiger partial charge in [-0.1, -0.05) is 36.4 Å². The van der Waals surface area contributed by atoms with Crippen molar-refractivity contribution in [3.05, 3.63) is 88.0 Å². The summed E-state index contributed by atoms with van der Waals surface area (Å²) in [4.78, 5) is 10.1. The third-order valence-corrected chi connectivity index (χ3v) is 5.76. The van der Waals surface area contributed by atoms with Crippen LogP contribution in [0.5, 0.6) is 0 Å². The van der Waals surface area contributed by atoms with E-state index in [1.807, 2.05) is 30.3 Å². The second-order valence-corrected chi connectivity index (χ2v) is 7.75. The molecule has 0 unspecified atom stereocenters. The molecule has 130 valence electrons. The van der Waals surface area contributed by atoms with Crippen molar-refractivity contribution in [2.24, 2.45) is 0 Å². The van der Waals surface area contributed by atoms with Crippen molar-refractivity contribution in [1.82, 2.24) is 0 Å². The van der Waals surface area contributed by atoms with Crippen LogP contribution in [0.1, 0.15) is 11.1 Å². The van der Waals surface area contributed by atoms with Crippen LogP contribution >= 0.6 is 0 Å². The first-order chi connectivity index (χ1) is 12.4. The summed E-state index contributed by atoms with van der Waals surface area (Å²) >= 11 is 0. The van der Waals surface area contributed by atoms with Gasteiger partial charge in [0.25, 0.3) is 15.7 Å². The fraction of sp³-hybridized carbons (Fsp3) is 0.0526. The van der Waals surface area contributed by atoms with Gasteiger partial charge in [-0.3, -0.25) is 14.8 Å². The van der Waals surface area contributed by atoms with E-state index in [2.05, 4.69) is 10.8 Å². The first-order valence-corrected chi connectivity index (χ1v) is 9.41. The van der Waals surface area contributed by atoms with E-state index in [0.29, 0.717) is 5.69 Å². The van der Waals surface area contributed by atoms with Crippen molar-refractivity contribution >= 4 is 21.4 Å². The number of hydrogen-bond acceptors (Lipinski definition) is 4. The Morgan fingerprint density at radius 1 is 0.885 bits per heavy atom. The zero-order chi connectivity index (χ0) is 18.3. The summed E-state index contributed by atoms with van der Waals surface area (Å²) in [7, 11) is -3.91. The second-order valence-electron chi connectivity index (χ2n) is 6.07. The molecule has 0 amide bonds. The van der Waals surface area contributed by atoms with Crippen molar-refractivity contribution in [2.75, 3.05) is 4.72 Å². The lowest BCUT2D eigenvalue weighted by atomic mass is 10.1. The first-order valence-electron chi connectivity index (χ1n) is 7.92. The van der Waals surface area contributed by atoms with Crippen LogP contribution in [0, 0.1) is 10.1 Å². The molecule has 0 spiro atoms. The minimum Gasteiger partial charge on any atom is -0.280 e. The third-order valence-electron chi connectivity index (χ3n) is 4.38. The van der Waals surface area contributed by atoms with Gasteiger partial charge in [0.2, 0.25) is 0 Å². The number of rotatable bonds is 4. The minimum atomic E-state index is -3.91. The maximum Gasteiger partial charge on any atom is 0.270 e. The van der Waals surface area contributed by atoms with E-state index in [0.717, 1.165) is 29.2 Å². The number of benzene rings is 3. The Bertz CT molecular complexity index is 1140. The van der Waals surface area contributed by atoms with Gasteiger partial charge in [-0.2, -0.15) is 0 Å². The van der Waals surface area contributed by atoms with Crippen LogP contribution in [0.25, 0.3) is 11.1 Å². The molecular weight excluding hydrogens is 352 g/mol. The summed E-state index contributed by atoms with van der Waals surface area (Å²) in [5.74, 6) is 0. The van der Waals surface area contributed by atoms with Gasteiger partial charge < -0.3 is 0 Å². The van der Waals surface area contributed by atoms with Crippen LogP contribution in [0.2, 0.25) is 0 Å². The van der Waals surface area contributed by atoms with E-state index in [4.69, 9.17) is 0 Å². The zero-order valence-corrected chi connectivity index (χ0v) is 14.4.